The standard InChI is InChI=1S/C21H26FNO2S/c1-14(15-4-5-20(24)19(22)7-15)11-23-12-16-8-21(25,9-17(16)13-23)10-18-3-2-6-26-18/h2-7,14,16-17,24-25H,8-13H2,1H3. The fourth-order valence-corrected chi connectivity index (χ4v) is 5.75. The van der Waals surface area contributed by atoms with E-state index in [1.54, 1.807) is 17.4 Å². The Hall–Kier alpha value is -1.43. The molecule has 5 heteroatoms. The lowest BCUT2D eigenvalue weighted by atomic mass is 9.94. The minimum absolute atomic E-state index is 0.217. The highest BCUT2D eigenvalue weighted by molar-refractivity contribution is 7.09. The predicted molar refractivity (Wildman–Crippen MR) is 102 cm³/mol. The highest BCUT2D eigenvalue weighted by Crippen LogP contribution is 2.46. The van der Waals surface area contributed by atoms with Gasteiger partial charge in [-0.25, -0.2) is 4.39 Å². The van der Waals surface area contributed by atoms with Gasteiger partial charge in [0, 0.05) is 30.9 Å². The molecular formula is C21H26FNO2S. The maximum Gasteiger partial charge on any atom is 0.165 e. The van der Waals surface area contributed by atoms with E-state index in [9.17, 15) is 14.6 Å². The molecule has 1 aliphatic heterocycles. The molecule has 0 amide bonds. The van der Waals surface area contributed by atoms with Crippen LogP contribution in [0, 0.1) is 17.7 Å². The van der Waals surface area contributed by atoms with E-state index in [1.807, 2.05) is 0 Å². The van der Waals surface area contributed by atoms with Crippen molar-refractivity contribution in [2.45, 2.75) is 37.7 Å². The number of hydrogen-bond acceptors (Lipinski definition) is 4. The van der Waals surface area contributed by atoms with Crippen molar-refractivity contribution < 1.29 is 14.6 Å². The maximum atomic E-state index is 13.6. The average Bonchev–Trinajstić information content (AvgIpc) is 3.26. The molecule has 3 unspecified atom stereocenters. The zero-order chi connectivity index (χ0) is 18.3. The summed E-state index contributed by atoms with van der Waals surface area (Å²) in [6.45, 7) is 5.03. The molecule has 1 saturated heterocycles. The van der Waals surface area contributed by atoms with Crippen molar-refractivity contribution >= 4 is 11.3 Å². The van der Waals surface area contributed by atoms with Crippen LogP contribution in [0.15, 0.2) is 35.7 Å². The molecule has 1 aromatic carbocycles. The van der Waals surface area contributed by atoms with E-state index in [0.717, 1.165) is 44.5 Å². The number of rotatable bonds is 5. The SMILES string of the molecule is CC(CN1CC2CC(O)(Cc3cccs3)CC2C1)c1ccc(O)c(F)c1. The van der Waals surface area contributed by atoms with Crippen molar-refractivity contribution in [3.63, 3.8) is 0 Å². The summed E-state index contributed by atoms with van der Waals surface area (Å²) in [5.74, 6) is 0.495. The third-order valence-electron chi connectivity index (χ3n) is 6.09. The summed E-state index contributed by atoms with van der Waals surface area (Å²) >= 11 is 1.73. The maximum absolute atomic E-state index is 13.6. The van der Waals surface area contributed by atoms with E-state index in [1.165, 1.54) is 17.0 Å². The molecule has 2 aromatic rings. The molecule has 4 rings (SSSR count). The Morgan fingerprint density at radius 3 is 2.62 bits per heavy atom. The van der Waals surface area contributed by atoms with E-state index in [2.05, 4.69) is 29.3 Å². The minimum Gasteiger partial charge on any atom is -0.505 e. The summed E-state index contributed by atoms with van der Waals surface area (Å²) in [6, 6.07) is 8.84. The third-order valence-corrected chi connectivity index (χ3v) is 6.97. The van der Waals surface area contributed by atoms with Gasteiger partial charge >= 0.3 is 0 Å². The first-order chi connectivity index (χ1) is 12.4. The van der Waals surface area contributed by atoms with Gasteiger partial charge in [0.15, 0.2) is 11.6 Å². The van der Waals surface area contributed by atoms with Crippen LogP contribution < -0.4 is 0 Å². The number of phenolic OH excluding ortho intramolecular Hbond substituents is 1. The van der Waals surface area contributed by atoms with Crippen LogP contribution >= 0.6 is 11.3 Å². The molecule has 1 aliphatic carbocycles. The molecule has 3 atom stereocenters. The highest BCUT2D eigenvalue weighted by atomic mass is 32.1. The number of fused-ring (bicyclic) bond motifs is 1. The van der Waals surface area contributed by atoms with Crippen LogP contribution in [0.3, 0.4) is 0 Å². The van der Waals surface area contributed by atoms with Crippen LogP contribution in [0.2, 0.25) is 0 Å². The van der Waals surface area contributed by atoms with Gasteiger partial charge in [0.2, 0.25) is 0 Å². The molecule has 3 nitrogen and oxygen atoms in total. The number of nitrogens with zero attached hydrogens (tertiary/aromatic N) is 1. The van der Waals surface area contributed by atoms with E-state index in [4.69, 9.17) is 0 Å². The monoisotopic (exact) mass is 375 g/mol. The number of phenols is 1. The number of hydrogen-bond donors (Lipinski definition) is 2. The second kappa shape index (κ2) is 6.95. The highest BCUT2D eigenvalue weighted by Gasteiger charge is 2.48. The Morgan fingerprint density at radius 2 is 2.00 bits per heavy atom. The molecule has 2 heterocycles. The Balaban J connectivity index is 1.33. The summed E-state index contributed by atoms with van der Waals surface area (Å²) in [4.78, 5) is 3.72. The topological polar surface area (TPSA) is 43.7 Å². The molecule has 1 aromatic heterocycles. The van der Waals surface area contributed by atoms with E-state index in [0.29, 0.717) is 11.8 Å². The molecule has 2 fully saturated rings. The lowest BCUT2D eigenvalue weighted by molar-refractivity contribution is 0.0360. The van der Waals surface area contributed by atoms with Crippen LogP contribution in [0.4, 0.5) is 4.39 Å². The quantitative estimate of drug-likeness (QED) is 0.830. The molecule has 0 radical (unpaired) electrons. The Labute approximate surface area is 158 Å². The fourth-order valence-electron chi connectivity index (χ4n) is 4.91. The number of halogens is 1. The summed E-state index contributed by atoms with van der Waals surface area (Å²) < 4.78 is 13.6. The first-order valence-corrected chi connectivity index (χ1v) is 10.3. The van der Waals surface area contributed by atoms with Gasteiger partial charge in [-0.05, 0) is 59.7 Å². The summed E-state index contributed by atoms with van der Waals surface area (Å²) in [5, 5.41) is 22.4. The van der Waals surface area contributed by atoms with Crippen molar-refractivity contribution in [3.8, 4) is 5.75 Å². The summed E-state index contributed by atoms with van der Waals surface area (Å²) in [5.41, 5.74) is 0.379. The average molecular weight is 376 g/mol. The number of benzene rings is 1. The first-order valence-electron chi connectivity index (χ1n) is 9.37. The number of thiophene rings is 1. The number of aromatic hydroxyl groups is 1. The van der Waals surface area contributed by atoms with Crippen LogP contribution in [0.5, 0.6) is 5.75 Å². The zero-order valence-electron chi connectivity index (χ0n) is 15.1. The third kappa shape index (κ3) is 3.66. The summed E-state index contributed by atoms with van der Waals surface area (Å²) in [7, 11) is 0. The van der Waals surface area contributed by atoms with Crippen LogP contribution in [-0.2, 0) is 6.42 Å². The van der Waals surface area contributed by atoms with Gasteiger partial charge in [-0.15, -0.1) is 11.3 Å². The van der Waals surface area contributed by atoms with Gasteiger partial charge in [0.1, 0.15) is 0 Å². The molecular weight excluding hydrogens is 349 g/mol. The van der Waals surface area contributed by atoms with Gasteiger partial charge in [-0.3, -0.25) is 0 Å². The zero-order valence-corrected chi connectivity index (χ0v) is 15.9. The number of likely N-dealkylation sites (tertiary alicyclic amines) is 1. The van der Waals surface area contributed by atoms with Crippen molar-refractivity contribution in [1.82, 2.24) is 4.90 Å². The molecule has 1 saturated carbocycles. The lowest BCUT2D eigenvalue weighted by Crippen LogP contribution is -2.33. The van der Waals surface area contributed by atoms with Gasteiger partial charge in [0.05, 0.1) is 5.60 Å². The van der Waals surface area contributed by atoms with Gasteiger partial charge in [0.25, 0.3) is 0 Å². The Bertz CT molecular complexity index is 749. The van der Waals surface area contributed by atoms with Crippen LogP contribution in [-0.4, -0.2) is 40.3 Å². The van der Waals surface area contributed by atoms with Gasteiger partial charge < -0.3 is 15.1 Å². The van der Waals surface area contributed by atoms with Crippen molar-refractivity contribution in [2.24, 2.45) is 11.8 Å². The predicted octanol–water partition coefficient (Wildman–Crippen LogP) is 4.01. The molecule has 0 spiro atoms. The Kier molecular flexibility index (Phi) is 4.80. The molecule has 26 heavy (non-hydrogen) atoms. The summed E-state index contributed by atoms with van der Waals surface area (Å²) in [6.07, 6.45) is 2.55. The molecule has 0 bridgehead atoms. The van der Waals surface area contributed by atoms with Gasteiger partial charge in [-0.1, -0.05) is 19.1 Å². The molecule has 140 valence electrons. The molecule has 2 aliphatic rings. The Morgan fingerprint density at radius 1 is 1.27 bits per heavy atom. The van der Waals surface area contributed by atoms with E-state index >= 15 is 0 Å². The minimum atomic E-state index is -0.550. The first kappa shape index (κ1) is 18.0. The normalized spacial score (nSPS) is 29.8. The lowest BCUT2D eigenvalue weighted by Gasteiger charge is -2.27. The second-order valence-corrected chi connectivity index (χ2v) is 9.27. The number of aliphatic hydroxyl groups is 1. The smallest absolute Gasteiger partial charge is 0.165 e. The van der Waals surface area contributed by atoms with E-state index in [-0.39, 0.29) is 11.7 Å². The van der Waals surface area contributed by atoms with Crippen molar-refractivity contribution in [2.75, 3.05) is 19.6 Å². The molecule has 2 N–H and O–H groups in total. The van der Waals surface area contributed by atoms with Crippen molar-refractivity contribution in [1.29, 1.82) is 0 Å². The van der Waals surface area contributed by atoms with E-state index < -0.39 is 11.4 Å². The van der Waals surface area contributed by atoms with Crippen LogP contribution in [0.1, 0.15) is 36.1 Å². The van der Waals surface area contributed by atoms with Crippen LogP contribution in [0.25, 0.3) is 0 Å². The largest absolute Gasteiger partial charge is 0.505 e. The second-order valence-electron chi connectivity index (χ2n) is 8.24. The van der Waals surface area contributed by atoms with Crippen molar-refractivity contribution in [3.05, 3.63) is 52.0 Å². The van der Waals surface area contributed by atoms with Gasteiger partial charge in [-0.2, -0.15) is 0 Å². The fraction of sp³-hybridized carbons (Fsp3) is 0.524.